The Morgan fingerprint density at radius 1 is 1.40 bits per heavy atom. The fourth-order valence-corrected chi connectivity index (χ4v) is 2.28. The van der Waals surface area contributed by atoms with Gasteiger partial charge in [-0.1, -0.05) is 23.2 Å². The summed E-state index contributed by atoms with van der Waals surface area (Å²) in [5.74, 6) is 0. The second-order valence-corrected chi connectivity index (χ2v) is 4.74. The molecule has 0 amide bonds. The molecule has 1 atom stereocenters. The van der Waals surface area contributed by atoms with Gasteiger partial charge in [0.15, 0.2) is 0 Å². The van der Waals surface area contributed by atoms with E-state index >= 15 is 0 Å². The van der Waals surface area contributed by atoms with E-state index in [1.165, 1.54) is 0 Å². The maximum atomic E-state index is 6.16. The third-order valence-electron chi connectivity index (χ3n) is 2.62. The van der Waals surface area contributed by atoms with Gasteiger partial charge in [0.05, 0.1) is 10.7 Å². The monoisotopic (exact) mass is 244 g/mol. The Morgan fingerprint density at radius 3 is 2.93 bits per heavy atom. The fraction of sp³-hybridized carbons (Fsp3) is 0.455. The van der Waals surface area contributed by atoms with Gasteiger partial charge >= 0.3 is 0 Å². The normalized spacial score (nSPS) is 21.8. The number of hydrogen-bond donors (Lipinski definition) is 1. The van der Waals surface area contributed by atoms with E-state index in [4.69, 9.17) is 23.2 Å². The van der Waals surface area contributed by atoms with Crippen molar-refractivity contribution in [1.82, 2.24) is 5.32 Å². The van der Waals surface area contributed by atoms with Crippen molar-refractivity contribution >= 4 is 28.9 Å². The van der Waals surface area contributed by atoms with Gasteiger partial charge in [-0.25, -0.2) is 0 Å². The molecule has 1 aliphatic heterocycles. The van der Waals surface area contributed by atoms with Crippen molar-refractivity contribution in [2.75, 3.05) is 24.5 Å². The molecule has 0 bridgehead atoms. The molecule has 0 aromatic heterocycles. The van der Waals surface area contributed by atoms with Crippen LogP contribution in [0.2, 0.25) is 10.0 Å². The highest BCUT2D eigenvalue weighted by atomic mass is 35.5. The van der Waals surface area contributed by atoms with Crippen LogP contribution >= 0.6 is 23.2 Å². The summed E-state index contributed by atoms with van der Waals surface area (Å²) in [5, 5.41) is 4.91. The van der Waals surface area contributed by atoms with E-state index < -0.39 is 0 Å². The number of hydrogen-bond acceptors (Lipinski definition) is 2. The average molecular weight is 245 g/mol. The van der Waals surface area contributed by atoms with Crippen molar-refractivity contribution in [3.63, 3.8) is 0 Å². The Labute approximate surface area is 100 Å². The molecule has 0 saturated carbocycles. The highest BCUT2D eigenvalue weighted by Crippen LogP contribution is 2.29. The minimum absolute atomic E-state index is 0.494. The second-order valence-electron chi connectivity index (χ2n) is 3.90. The molecular formula is C11H14Cl2N2. The number of halogens is 2. The maximum Gasteiger partial charge on any atom is 0.0640 e. The molecule has 1 fully saturated rings. The number of anilines is 1. The Kier molecular flexibility index (Phi) is 3.39. The van der Waals surface area contributed by atoms with E-state index in [9.17, 15) is 0 Å². The smallest absolute Gasteiger partial charge is 0.0640 e. The Bertz CT molecular complexity index is 354. The number of nitrogens with zero attached hydrogens (tertiary/aromatic N) is 1. The lowest BCUT2D eigenvalue weighted by molar-refractivity contribution is 0.485. The molecule has 82 valence electrons. The van der Waals surface area contributed by atoms with Crippen LogP contribution in [0.3, 0.4) is 0 Å². The highest BCUT2D eigenvalue weighted by molar-refractivity contribution is 6.35. The maximum absolute atomic E-state index is 6.16. The van der Waals surface area contributed by atoms with Crippen LogP contribution in [0.5, 0.6) is 0 Å². The SMILES string of the molecule is CC1CN(c2cc(Cl)ccc2Cl)CCN1. The van der Waals surface area contributed by atoms with Crippen LogP contribution in [0.1, 0.15) is 6.92 Å². The number of rotatable bonds is 1. The van der Waals surface area contributed by atoms with Gasteiger partial charge in [0, 0.05) is 30.7 Å². The predicted molar refractivity (Wildman–Crippen MR) is 66.1 cm³/mol. The van der Waals surface area contributed by atoms with E-state index in [1.54, 1.807) is 0 Å². The summed E-state index contributed by atoms with van der Waals surface area (Å²) in [6.07, 6.45) is 0. The van der Waals surface area contributed by atoms with Gasteiger partial charge in [-0.05, 0) is 25.1 Å². The highest BCUT2D eigenvalue weighted by Gasteiger charge is 2.17. The zero-order chi connectivity index (χ0) is 10.8. The molecule has 0 radical (unpaired) electrons. The molecule has 1 saturated heterocycles. The van der Waals surface area contributed by atoms with Crippen molar-refractivity contribution in [3.05, 3.63) is 28.2 Å². The molecule has 0 spiro atoms. The molecule has 1 aromatic rings. The fourth-order valence-electron chi connectivity index (χ4n) is 1.88. The number of benzene rings is 1. The standard InChI is InChI=1S/C11H14Cl2N2/c1-8-7-15(5-4-14-8)11-6-9(12)2-3-10(11)13/h2-3,6,8,14H,4-5,7H2,1H3. The van der Waals surface area contributed by atoms with Gasteiger partial charge in [-0.3, -0.25) is 0 Å². The summed E-state index contributed by atoms with van der Waals surface area (Å²) in [4.78, 5) is 2.27. The lowest BCUT2D eigenvalue weighted by Crippen LogP contribution is -2.49. The summed E-state index contributed by atoms with van der Waals surface area (Å²) in [6.45, 7) is 5.11. The molecule has 2 rings (SSSR count). The molecule has 4 heteroatoms. The zero-order valence-corrected chi connectivity index (χ0v) is 10.1. The summed E-state index contributed by atoms with van der Waals surface area (Å²) in [5.41, 5.74) is 1.04. The Balaban J connectivity index is 2.24. The van der Waals surface area contributed by atoms with E-state index in [0.29, 0.717) is 6.04 Å². The molecule has 0 aliphatic carbocycles. The largest absolute Gasteiger partial charge is 0.367 e. The third kappa shape index (κ3) is 2.57. The van der Waals surface area contributed by atoms with Crippen molar-refractivity contribution in [2.45, 2.75) is 13.0 Å². The summed E-state index contributed by atoms with van der Waals surface area (Å²) >= 11 is 12.1. The van der Waals surface area contributed by atoms with Crippen molar-refractivity contribution in [2.24, 2.45) is 0 Å². The number of nitrogens with one attached hydrogen (secondary N) is 1. The van der Waals surface area contributed by atoms with Gasteiger partial charge in [0.1, 0.15) is 0 Å². The van der Waals surface area contributed by atoms with Gasteiger partial charge in [-0.15, -0.1) is 0 Å². The first-order valence-electron chi connectivity index (χ1n) is 5.10. The van der Waals surface area contributed by atoms with Gasteiger partial charge in [-0.2, -0.15) is 0 Å². The van der Waals surface area contributed by atoms with Gasteiger partial charge in [0.2, 0.25) is 0 Å². The molecule has 1 N–H and O–H groups in total. The van der Waals surface area contributed by atoms with Crippen LogP contribution < -0.4 is 10.2 Å². The van der Waals surface area contributed by atoms with E-state index in [0.717, 1.165) is 35.4 Å². The van der Waals surface area contributed by atoms with Crippen LogP contribution in [0, 0.1) is 0 Å². The first-order valence-corrected chi connectivity index (χ1v) is 5.86. The van der Waals surface area contributed by atoms with Crippen LogP contribution in [0.4, 0.5) is 5.69 Å². The van der Waals surface area contributed by atoms with Crippen molar-refractivity contribution in [1.29, 1.82) is 0 Å². The first-order chi connectivity index (χ1) is 7.16. The van der Waals surface area contributed by atoms with Crippen LogP contribution in [0.25, 0.3) is 0 Å². The van der Waals surface area contributed by atoms with E-state index in [2.05, 4.69) is 17.1 Å². The molecule has 2 nitrogen and oxygen atoms in total. The van der Waals surface area contributed by atoms with Crippen molar-refractivity contribution in [3.8, 4) is 0 Å². The molecule has 1 aliphatic rings. The van der Waals surface area contributed by atoms with Gasteiger partial charge < -0.3 is 10.2 Å². The minimum Gasteiger partial charge on any atom is -0.367 e. The van der Waals surface area contributed by atoms with Crippen LogP contribution in [-0.4, -0.2) is 25.7 Å². The summed E-state index contributed by atoms with van der Waals surface area (Å²) < 4.78 is 0. The summed E-state index contributed by atoms with van der Waals surface area (Å²) in [6, 6.07) is 6.10. The lowest BCUT2D eigenvalue weighted by Gasteiger charge is -2.34. The molecule has 1 unspecified atom stereocenters. The Hall–Kier alpha value is -0.440. The van der Waals surface area contributed by atoms with E-state index in [-0.39, 0.29) is 0 Å². The zero-order valence-electron chi connectivity index (χ0n) is 8.63. The van der Waals surface area contributed by atoms with Crippen LogP contribution in [-0.2, 0) is 0 Å². The average Bonchev–Trinajstić information content (AvgIpc) is 2.22. The quantitative estimate of drug-likeness (QED) is 0.818. The predicted octanol–water partition coefficient (Wildman–Crippen LogP) is 2.79. The molecule has 1 aromatic carbocycles. The molecule has 1 heterocycles. The van der Waals surface area contributed by atoms with Crippen LogP contribution in [0.15, 0.2) is 18.2 Å². The van der Waals surface area contributed by atoms with Gasteiger partial charge in [0.25, 0.3) is 0 Å². The lowest BCUT2D eigenvalue weighted by atomic mass is 10.2. The Morgan fingerprint density at radius 2 is 2.20 bits per heavy atom. The molecular weight excluding hydrogens is 231 g/mol. The topological polar surface area (TPSA) is 15.3 Å². The second kappa shape index (κ2) is 4.60. The number of piperazine rings is 1. The van der Waals surface area contributed by atoms with E-state index in [1.807, 2.05) is 18.2 Å². The molecule has 15 heavy (non-hydrogen) atoms. The third-order valence-corrected chi connectivity index (χ3v) is 3.17. The first kappa shape index (κ1) is 11.1. The summed E-state index contributed by atoms with van der Waals surface area (Å²) in [7, 11) is 0. The van der Waals surface area contributed by atoms with Crippen molar-refractivity contribution < 1.29 is 0 Å². The minimum atomic E-state index is 0.494.